The van der Waals surface area contributed by atoms with Gasteiger partial charge in [-0.25, -0.2) is 4.79 Å². The lowest BCUT2D eigenvalue weighted by molar-refractivity contribution is -0.149. The number of Topliss-reactive ketones (excluding diaryl/α,β-unsaturated/α-hetero) is 1. The van der Waals surface area contributed by atoms with Crippen molar-refractivity contribution in [2.45, 2.75) is 84.9 Å². The van der Waals surface area contributed by atoms with E-state index in [9.17, 15) is 19.5 Å². The number of ether oxygens (including phenoxy) is 1. The van der Waals surface area contributed by atoms with Gasteiger partial charge in [0.2, 0.25) is 5.91 Å². The van der Waals surface area contributed by atoms with Gasteiger partial charge in [-0.05, 0) is 61.3 Å². The van der Waals surface area contributed by atoms with E-state index in [2.05, 4.69) is 5.32 Å². The van der Waals surface area contributed by atoms with E-state index in [1.807, 2.05) is 27.7 Å². The molecule has 39 heavy (non-hydrogen) atoms. The summed E-state index contributed by atoms with van der Waals surface area (Å²) in [5.41, 5.74) is 13.0. The van der Waals surface area contributed by atoms with Crippen LogP contribution in [0.2, 0.25) is 0 Å². The Balaban J connectivity index is 2.14. The van der Waals surface area contributed by atoms with Crippen molar-refractivity contribution in [2.75, 3.05) is 13.2 Å². The van der Waals surface area contributed by atoms with E-state index in [-0.39, 0.29) is 29.5 Å². The van der Waals surface area contributed by atoms with Crippen LogP contribution in [0.4, 0.5) is 5.69 Å². The molecule has 0 heterocycles. The van der Waals surface area contributed by atoms with Crippen LogP contribution in [0.15, 0.2) is 40.6 Å². The minimum atomic E-state index is -1.13. The monoisotopic (exact) mass is 544 g/mol. The first-order valence-corrected chi connectivity index (χ1v) is 13.5. The fraction of sp³-hybridized carbons (Fsp3) is 0.586. The molecular formula is C29H44N4O6. The summed E-state index contributed by atoms with van der Waals surface area (Å²) in [5.74, 6) is -1.01. The van der Waals surface area contributed by atoms with Crippen LogP contribution >= 0.6 is 0 Å². The first kappa shape index (κ1) is 32.1. The van der Waals surface area contributed by atoms with Crippen LogP contribution in [0.3, 0.4) is 0 Å². The number of benzene rings is 1. The van der Waals surface area contributed by atoms with E-state index in [1.165, 1.54) is 0 Å². The fourth-order valence-corrected chi connectivity index (χ4v) is 4.39. The molecule has 10 heteroatoms. The third-order valence-electron chi connectivity index (χ3n) is 6.41. The number of nitrogens with one attached hydrogen (secondary N) is 1. The zero-order valence-corrected chi connectivity index (χ0v) is 23.5. The Morgan fingerprint density at radius 1 is 1.15 bits per heavy atom. The molecule has 1 aliphatic rings. The number of ketones is 1. The zero-order valence-electron chi connectivity index (χ0n) is 23.5. The molecule has 1 aliphatic carbocycles. The van der Waals surface area contributed by atoms with Crippen LogP contribution in [0.5, 0.6) is 0 Å². The number of aliphatic hydroxyl groups is 2. The Bertz CT molecular complexity index is 1060. The van der Waals surface area contributed by atoms with Crippen molar-refractivity contribution < 1.29 is 29.3 Å². The predicted octanol–water partition coefficient (Wildman–Crippen LogP) is 2.98. The van der Waals surface area contributed by atoms with Crippen LogP contribution in [0.25, 0.3) is 0 Å². The highest BCUT2D eigenvalue weighted by molar-refractivity contribution is 6.23. The maximum atomic E-state index is 12.9. The number of nitrogens with two attached hydrogens (primary N) is 2. The van der Waals surface area contributed by atoms with E-state index in [1.54, 1.807) is 24.3 Å². The van der Waals surface area contributed by atoms with E-state index in [0.29, 0.717) is 67.6 Å². The third-order valence-corrected chi connectivity index (χ3v) is 6.41. The summed E-state index contributed by atoms with van der Waals surface area (Å²) in [6.07, 6.45) is 2.96. The summed E-state index contributed by atoms with van der Waals surface area (Å²) >= 11 is 0. The number of unbranched alkanes of at least 4 members (excludes halogenated alkanes) is 1. The minimum absolute atomic E-state index is 0.0174. The lowest BCUT2D eigenvalue weighted by Crippen LogP contribution is -2.50. The van der Waals surface area contributed by atoms with Crippen LogP contribution in [-0.4, -0.2) is 58.8 Å². The van der Waals surface area contributed by atoms with Gasteiger partial charge in [0.1, 0.15) is 24.4 Å². The second-order valence-electron chi connectivity index (χ2n) is 11.3. The number of carbonyl (C=O) groups is 3. The Kier molecular flexibility index (Phi) is 12.3. The maximum absolute atomic E-state index is 12.9. The molecule has 0 bridgehead atoms. The van der Waals surface area contributed by atoms with Crippen molar-refractivity contribution in [3.63, 3.8) is 0 Å². The van der Waals surface area contributed by atoms with Gasteiger partial charge >= 0.3 is 5.97 Å². The average Bonchev–Trinajstić information content (AvgIpc) is 2.85. The fourth-order valence-electron chi connectivity index (χ4n) is 4.39. The highest BCUT2D eigenvalue weighted by atomic mass is 16.5. The van der Waals surface area contributed by atoms with E-state index < -0.39 is 30.6 Å². The average molecular weight is 545 g/mol. The highest BCUT2D eigenvalue weighted by Crippen LogP contribution is 2.37. The van der Waals surface area contributed by atoms with Gasteiger partial charge in [-0.3, -0.25) is 14.6 Å². The molecule has 0 fully saturated rings. The summed E-state index contributed by atoms with van der Waals surface area (Å²) < 4.78 is 5.44. The number of rotatable bonds is 14. The quantitative estimate of drug-likeness (QED) is 0.135. The Morgan fingerprint density at radius 3 is 2.38 bits per heavy atom. The number of hydrogen-bond donors (Lipinski definition) is 5. The smallest absolute Gasteiger partial charge is 0.328 e. The largest absolute Gasteiger partial charge is 0.511 e. The minimum Gasteiger partial charge on any atom is -0.511 e. The maximum Gasteiger partial charge on any atom is 0.328 e. The molecule has 0 unspecified atom stereocenters. The molecule has 0 aromatic heterocycles. The molecule has 0 spiro atoms. The first-order chi connectivity index (χ1) is 18.4. The summed E-state index contributed by atoms with van der Waals surface area (Å²) in [6, 6.07) is 5.03. The standard InChI is InChI=1S/C29H44N4O6/c1-18(2)13-23(26-24(35)14-29(3,4)15-25(26)36)32-20-10-8-19(9-11-20)17-39-28(38)22(7-5-6-12-30)33-27(37)21(31)16-34/h8-11,18,21-22,34-35H,5-7,12-17,30-31H2,1-4H3,(H,33,37)/t21-,22-/m0/s1. The summed E-state index contributed by atoms with van der Waals surface area (Å²) in [4.78, 5) is 42.4. The molecule has 1 amide bonds. The van der Waals surface area contributed by atoms with Crippen molar-refractivity contribution in [3.8, 4) is 0 Å². The van der Waals surface area contributed by atoms with E-state index >= 15 is 0 Å². The van der Waals surface area contributed by atoms with Crippen LogP contribution in [0.1, 0.15) is 71.8 Å². The number of nitrogens with zero attached hydrogens (tertiary/aromatic N) is 1. The van der Waals surface area contributed by atoms with Gasteiger partial charge in [-0.2, -0.15) is 0 Å². The van der Waals surface area contributed by atoms with Crippen molar-refractivity contribution in [1.29, 1.82) is 0 Å². The molecular weight excluding hydrogens is 500 g/mol. The van der Waals surface area contributed by atoms with Crippen molar-refractivity contribution >= 4 is 29.1 Å². The second kappa shape index (κ2) is 14.9. The van der Waals surface area contributed by atoms with E-state index in [4.69, 9.17) is 26.3 Å². The first-order valence-electron chi connectivity index (χ1n) is 13.5. The van der Waals surface area contributed by atoms with Gasteiger partial charge in [0, 0.05) is 12.8 Å². The Labute approximate surface area is 230 Å². The predicted molar refractivity (Wildman–Crippen MR) is 150 cm³/mol. The van der Waals surface area contributed by atoms with Gasteiger partial charge in [0.05, 0.1) is 23.6 Å². The molecule has 0 saturated heterocycles. The molecule has 216 valence electrons. The van der Waals surface area contributed by atoms with Crippen LogP contribution in [-0.2, 0) is 25.7 Å². The molecule has 7 N–H and O–H groups in total. The number of aliphatic imine (C=N–C) groups is 1. The van der Waals surface area contributed by atoms with Gasteiger partial charge in [-0.1, -0.05) is 39.8 Å². The Morgan fingerprint density at radius 2 is 1.82 bits per heavy atom. The zero-order chi connectivity index (χ0) is 29.2. The number of allylic oxidation sites excluding steroid dienone is 2. The lowest BCUT2D eigenvalue weighted by atomic mass is 9.75. The number of esters is 1. The van der Waals surface area contributed by atoms with Gasteiger partial charge in [0.15, 0.2) is 5.78 Å². The van der Waals surface area contributed by atoms with Gasteiger partial charge in [0.25, 0.3) is 0 Å². The molecule has 0 radical (unpaired) electrons. The van der Waals surface area contributed by atoms with E-state index in [0.717, 1.165) is 0 Å². The third kappa shape index (κ3) is 10.2. The molecule has 1 aromatic carbocycles. The number of hydrogen-bond acceptors (Lipinski definition) is 9. The molecule has 0 aliphatic heterocycles. The lowest BCUT2D eigenvalue weighted by Gasteiger charge is -2.30. The van der Waals surface area contributed by atoms with Crippen molar-refractivity contribution in [2.24, 2.45) is 27.8 Å². The SMILES string of the molecule is CC(C)CC(=Nc1ccc(COC(=O)[C@H](CCCCN)NC(=O)[C@@H](N)CO)cc1)C1=C(O)CC(C)(C)CC1=O. The molecule has 10 nitrogen and oxygen atoms in total. The molecule has 0 saturated carbocycles. The summed E-state index contributed by atoms with van der Waals surface area (Å²) in [5, 5.41) is 22.3. The van der Waals surface area contributed by atoms with Crippen LogP contribution in [0, 0.1) is 11.3 Å². The van der Waals surface area contributed by atoms with Crippen molar-refractivity contribution in [1.82, 2.24) is 5.32 Å². The summed E-state index contributed by atoms with van der Waals surface area (Å²) in [7, 11) is 0. The number of aliphatic hydroxyl groups excluding tert-OH is 2. The van der Waals surface area contributed by atoms with Gasteiger partial charge in [-0.15, -0.1) is 0 Å². The Hall–Kier alpha value is -3.08. The van der Waals surface area contributed by atoms with Crippen LogP contribution < -0.4 is 16.8 Å². The number of amides is 1. The van der Waals surface area contributed by atoms with Crippen molar-refractivity contribution in [3.05, 3.63) is 41.2 Å². The highest BCUT2D eigenvalue weighted by Gasteiger charge is 2.35. The normalized spacial score (nSPS) is 17.2. The topological polar surface area (TPSA) is 177 Å². The molecule has 2 atom stereocenters. The molecule has 1 aromatic rings. The number of carbonyl (C=O) groups excluding carboxylic acids is 3. The summed E-state index contributed by atoms with van der Waals surface area (Å²) in [6.45, 7) is 7.90. The van der Waals surface area contributed by atoms with Gasteiger partial charge < -0.3 is 31.7 Å². The second-order valence-corrected chi connectivity index (χ2v) is 11.3. The molecule has 2 rings (SSSR count).